The quantitative estimate of drug-likeness (QED) is 0.603. The van der Waals surface area contributed by atoms with Crippen molar-refractivity contribution >= 4 is 27.6 Å². The Balaban J connectivity index is 2.69. The predicted octanol–water partition coefficient (Wildman–Crippen LogP) is 1.44. The molecule has 1 rings (SSSR count). The summed E-state index contributed by atoms with van der Waals surface area (Å²) in [4.78, 5) is 22.9. The van der Waals surface area contributed by atoms with Crippen LogP contribution in [0.2, 0.25) is 0 Å². The predicted molar refractivity (Wildman–Crippen MR) is 94.0 cm³/mol. The minimum atomic E-state index is -3.96. The highest BCUT2D eigenvalue weighted by atomic mass is 32.2. The van der Waals surface area contributed by atoms with Crippen molar-refractivity contribution in [3.8, 4) is 5.75 Å². The van der Waals surface area contributed by atoms with Crippen LogP contribution < -0.4 is 14.8 Å². The van der Waals surface area contributed by atoms with E-state index in [0.717, 1.165) is 0 Å². The lowest BCUT2D eigenvalue weighted by Gasteiger charge is -2.18. The zero-order chi connectivity index (χ0) is 19.2. The van der Waals surface area contributed by atoms with Crippen LogP contribution in [0.25, 0.3) is 0 Å². The molecule has 0 aliphatic rings. The van der Waals surface area contributed by atoms with Crippen LogP contribution in [0, 0.1) is 5.92 Å². The van der Waals surface area contributed by atoms with Crippen molar-refractivity contribution in [3.05, 3.63) is 24.3 Å². The number of ether oxygens (including phenoxy) is 1. The fraction of sp³-hybridized carbons (Fsp3) is 0.500. The zero-order valence-corrected chi connectivity index (χ0v) is 15.5. The molecule has 1 amide bonds. The van der Waals surface area contributed by atoms with Gasteiger partial charge in [-0.1, -0.05) is 13.8 Å². The third-order valence-electron chi connectivity index (χ3n) is 3.07. The normalized spacial score (nSPS) is 12.7. The molecule has 8 nitrogen and oxygen atoms in total. The van der Waals surface area contributed by atoms with Crippen molar-refractivity contribution in [1.82, 2.24) is 5.32 Å². The number of carboxylic acids is 1. The topological polar surface area (TPSA) is 122 Å². The number of nitrogens with one attached hydrogen (secondary N) is 2. The smallest absolute Gasteiger partial charge is 0.326 e. The maximum Gasteiger partial charge on any atom is 0.326 e. The molecule has 1 aromatic rings. The summed E-state index contributed by atoms with van der Waals surface area (Å²) in [5, 5.41) is 11.2. The molecule has 0 aliphatic carbocycles. The Morgan fingerprint density at radius 3 is 2.12 bits per heavy atom. The van der Waals surface area contributed by atoms with Gasteiger partial charge in [0.25, 0.3) is 0 Å². The molecule has 1 atom stereocenters. The van der Waals surface area contributed by atoms with Gasteiger partial charge < -0.3 is 15.2 Å². The van der Waals surface area contributed by atoms with E-state index >= 15 is 0 Å². The molecule has 0 heterocycles. The van der Waals surface area contributed by atoms with Crippen molar-refractivity contribution in [2.75, 3.05) is 10.5 Å². The Morgan fingerprint density at radius 2 is 1.68 bits per heavy atom. The van der Waals surface area contributed by atoms with Crippen LogP contribution in [0.4, 0.5) is 5.69 Å². The Bertz CT molecular complexity index is 698. The van der Waals surface area contributed by atoms with Crippen LogP contribution in [-0.2, 0) is 19.6 Å². The summed E-state index contributed by atoms with van der Waals surface area (Å²) < 4.78 is 31.8. The first-order valence-corrected chi connectivity index (χ1v) is 9.45. The van der Waals surface area contributed by atoms with Crippen molar-refractivity contribution in [2.45, 2.75) is 39.8 Å². The molecule has 1 aromatic carbocycles. The monoisotopic (exact) mass is 372 g/mol. The Hall–Kier alpha value is -2.29. The SMILES string of the molecule is CC(C)Oc1ccc(NS(=O)(=O)CC(=O)NC(C(=O)O)C(C)C)cc1. The van der Waals surface area contributed by atoms with Crippen molar-refractivity contribution in [1.29, 1.82) is 0 Å². The molecule has 0 saturated heterocycles. The minimum Gasteiger partial charge on any atom is -0.491 e. The van der Waals surface area contributed by atoms with Gasteiger partial charge in [-0.2, -0.15) is 0 Å². The number of carboxylic acid groups (broad SMARTS) is 1. The van der Waals surface area contributed by atoms with Gasteiger partial charge in [-0.3, -0.25) is 9.52 Å². The summed E-state index contributed by atoms with van der Waals surface area (Å²) in [5.41, 5.74) is 0.280. The van der Waals surface area contributed by atoms with Crippen molar-refractivity contribution in [3.63, 3.8) is 0 Å². The molecular formula is C16H24N2O6S. The van der Waals surface area contributed by atoms with Gasteiger partial charge in [-0.05, 0) is 44.0 Å². The molecule has 0 radical (unpaired) electrons. The van der Waals surface area contributed by atoms with E-state index in [4.69, 9.17) is 9.84 Å². The highest BCUT2D eigenvalue weighted by Gasteiger charge is 2.26. The van der Waals surface area contributed by atoms with E-state index in [1.54, 1.807) is 26.0 Å². The lowest BCUT2D eigenvalue weighted by atomic mass is 10.1. The molecule has 0 bridgehead atoms. The molecule has 3 N–H and O–H groups in total. The van der Waals surface area contributed by atoms with E-state index in [2.05, 4.69) is 10.0 Å². The van der Waals surface area contributed by atoms with Gasteiger partial charge in [0, 0.05) is 5.69 Å². The molecule has 9 heteroatoms. The average molecular weight is 372 g/mol. The molecular weight excluding hydrogens is 348 g/mol. The first-order chi connectivity index (χ1) is 11.5. The van der Waals surface area contributed by atoms with Crippen LogP contribution in [0.15, 0.2) is 24.3 Å². The van der Waals surface area contributed by atoms with Gasteiger partial charge >= 0.3 is 5.97 Å². The van der Waals surface area contributed by atoms with Gasteiger partial charge in [-0.25, -0.2) is 13.2 Å². The fourth-order valence-electron chi connectivity index (χ4n) is 1.99. The summed E-state index contributed by atoms with van der Waals surface area (Å²) in [6.45, 7) is 6.98. The zero-order valence-electron chi connectivity index (χ0n) is 14.6. The largest absolute Gasteiger partial charge is 0.491 e. The number of benzene rings is 1. The minimum absolute atomic E-state index is 0.00521. The highest BCUT2D eigenvalue weighted by molar-refractivity contribution is 7.93. The van der Waals surface area contributed by atoms with Crippen molar-refractivity contribution < 1.29 is 27.9 Å². The summed E-state index contributed by atoms with van der Waals surface area (Å²) in [6.07, 6.45) is -0.00521. The second-order valence-electron chi connectivity index (χ2n) is 6.18. The number of sulfonamides is 1. The number of carbonyl (C=O) groups excluding carboxylic acids is 1. The first-order valence-electron chi connectivity index (χ1n) is 7.79. The number of rotatable bonds is 9. The van der Waals surface area contributed by atoms with E-state index in [9.17, 15) is 18.0 Å². The lowest BCUT2D eigenvalue weighted by Crippen LogP contribution is -2.46. The molecule has 0 saturated carbocycles. The Labute approximate surface area is 147 Å². The maximum absolute atomic E-state index is 12.0. The summed E-state index contributed by atoms with van der Waals surface area (Å²) in [6, 6.07) is 5.10. The molecule has 0 aromatic heterocycles. The molecule has 1 unspecified atom stereocenters. The summed E-state index contributed by atoms with van der Waals surface area (Å²) in [7, 11) is -3.96. The molecule has 25 heavy (non-hydrogen) atoms. The van der Waals surface area contributed by atoms with Gasteiger partial charge in [0.05, 0.1) is 6.10 Å². The van der Waals surface area contributed by atoms with Gasteiger partial charge in [0.15, 0.2) is 0 Å². The van der Waals surface area contributed by atoms with E-state index in [0.29, 0.717) is 5.75 Å². The average Bonchev–Trinajstić information content (AvgIpc) is 2.44. The number of hydrogen-bond acceptors (Lipinski definition) is 5. The molecule has 0 fully saturated rings. The maximum atomic E-state index is 12.0. The van der Waals surface area contributed by atoms with Crippen molar-refractivity contribution in [2.24, 2.45) is 5.92 Å². The van der Waals surface area contributed by atoms with Gasteiger partial charge in [0.2, 0.25) is 15.9 Å². The van der Waals surface area contributed by atoms with Gasteiger partial charge in [0.1, 0.15) is 17.5 Å². The Kier molecular flexibility index (Phi) is 7.22. The first kappa shape index (κ1) is 20.8. The van der Waals surface area contributed by atoms with Crippen LogP contribution in [-0.4, -0.2) is 43.3 Å². The molecule has 140 valence electrons. The van der Waals surface area contributed by atoms with E-state index in [-0.39, 0.29) is 17.7 Å². The van der Waals surface area contributed by atoms with Crippen LogP contribution in [0.1, 0.15) is 27.7 Å². The summed E-state index contributed by atoms with van der Waals surface area (Å²) >= 11 is 0. The van der Waals surface area contributed by atoms with E-state index in [1.165, 1.54) is 12.1 Å². The second-order valence-corrected chi connectivity index (χ2v) is 7.90. The van der Waals surface area contributed by atoms with Crippen LogP contribution in [0.3, 0.4) is 0 Å². The lowest BCUT2D eigenvalue weighted by molar-refractivity contribution is -0.142. The number of carbonyl (C=O) groups is 2. The number of anilines is 1. The number of aliphatic carboxylic acids is 1. The highest BCUT2D eigenvalue weighted by Crippen LogP contribution is 2.17. The number of amides is 1. The third kappa shape index (κ3) is 7.42. The molecule has 0 spiro atoms. The van der Waals surface area contributed by atoms with E-state index < -0.39 is 33.7 Å². The third-order valence-corrected chi connectivity index (χ3v) is 4.26. The van der Waals surface area contributed by atoms with Crippen LogP contribution >= 0.6 is 0 Å². The van der Waals surface area contributed by atoms with Gasteiger partial charge in [-0.15, -0.1) is 0 Å². The van der Waals surface area contributed by atoms with E-state index in [1.807, 2.05) is 13.8 Å². The summed E-state index contributed by atoms with van der Waals surface area (Å²) in [5.74, 6) is -2.74. The second kappa shape index (κ2) is 8.70. The number of hydrogen-bond donors (Lipinski definition) is 3. The molecule has 0 aliphatic heterocycles. The Morgan fingerprint density at radius 1 is 1.12 bits per heavy atom. The standard InChI is InChI=1S/C16H24N2O6S/c1-10(2)15(16(20)21)17-14(19)9-25(22,23)18-12-5-7-13(8-6-12)24-11(3)4/h5-8,10-11,15,18H,9H2,1-4H3,(H,17,19)(H,20,21). The fourth-order valence-corrected chi connectivity index (χ4v) is 2.99. The van der Waals surface area contributed by atoms with Crippen LogP contribution in [0.5, 0.6) is 5.75 Å².